The van der Waals surface area contributed by atoms with Gasteiger partial charge in [-0.2, -0.15) is 0 Å². The summed E-state index contributed by atoms with van der Waals surface area (Å²) in [6, 6.07) is 4.11. The molecule has 0 N–H and O–H groups in total. The first-order valence-electron chi connectivity index (χ1n) is 5.96. The number of rotatable bonds is 7. The third kappa shape index (κ3) is 7.15. The predicted molar refractivity (Wildman–Crippen MR) is 66.5 cm³/mol. The second-order valence-electron chi connectivity index (χ2n) is 4.01. The molecule has 0 aliphatic rings. The van der Waals surface area contributed by atoms with Crippen LogP contribution in [0.1, 0.15) is 18.9 Å². The van der Waals surface area contributed by atoms with E-state index >= 15 is 0 Å². The number of hydrogen-bond donors (Lipinski definition) is 0. The van der Waals surface area contributed by atoms with Crippen LogP contribution in [0.4, 0.5) is 12.9 Å². The Morgan fingerprint density at radius 3 is 2.42 bits per heavy atom. The van der Waals surface area contributed by atoms with Gasteiger partial charge in [0.1, 0.15) is 0 Å². The average molecular weight is 300 g/mol. The molecule has 0 heterocycles. The molecule has 0 spiro atoms. The molecule has 19 heavy (non-hydrogen) atoms. The van der Waals surface area contributed by atoms with Crippen LogP contribution in [0.2, 0.25) is 0 Å². The standard InChI is InChI=1S/C12H17BF3O2.K/c1-3-17-7-4-8-18-12-6-5-10(2)9-11(12)13(14,15)16;/h5-6,9H,3-4,7-8H2,1-2H3;/q-1;+1. The fourth-order valence-corrected chi connectivity index (χ4v) is 1.54. The molecule has 1 rings (SSSR count). The number of aryl methyl sites for hydroxylation is 1. The molecule has 0 amide bonds. The van der Waals surface area contributed by atoms with Crippen LogP contribution in [0.25, 0.3) is 0 Å². The second kappa shape index (κ2) is 9.42. The summed E-state index contributed by atoms with van der Waals surface area (Å²) in [6.45, 7) is -0.228. The van der Waals surface area contributed by atoms with Gasteiger partial charge in [-0.1, -0.05) is 23.2 Å². The molecule has 0 saturated heterocycles. The van der Waals surface area contributed by atoms with Crippen LogP contribution in [0.5, 0.6) is 5.75 Å². The summed E-state index contributed by atoms with van der Waals surface area (Å²) in [7, 11) is 0. The maximum Gasteiger partial charge on any atom is 1.00 e. The summed E-state index contributed by atoms with van der Waals surface area (Å²) < 4.78 is 48.7. The summed E-state index contributed by atoms with van der Waals surface area (Å²) in [5.74, 6) is -0.0930. The minimum absolute atomic E-state index is 0. The zero-order chi connectivity index (χ0) is 13.6. The first kappa shape index (κ1) is 19.5. The summed E-state index contributed by atoms with van der Waals surface area (Å²) in [5, 5.41) is 0. The Labute approximate surface area is 154 Å². The van der Waals surface area contributed by atoms with E-state index in [0.717, 1.165) is 6.07 Å². The maximum absolute atomic E-state index is 12.8. The van der Waals surface area contributed by atoms with E-state index in [9.17, 15) is 12.9 Å². The maximum atomic E-state index is 12.8. The summed E-state index contributed by atoms with van der Waals surface area (Å²) in [5.41, 5.74) is -0.0859. The second-order valence-corrected chi connectivity index (χ2v) is 4.01. The number of ether oxygens (including phenoxy) is 2. The van der Waals surface area contributed by atoms with Gasteiger partial charge in [0.25, 0.3) is 0 Å². The molecule has 102 valence electrons. The molecule has 0 radical (unpaired) electrons. The Kier molecular flexibility index (Phi) is 9.65. The van der Waals surface area contributed by atoms with E-state index in [0.29, 0.717) is 25.2 Å². The van der Waals surface area contributed by atoms with Gasteiger partial charge in [-0.3, -0.25) is 0 Å². The predicted octanol–water partition coefficient (Wildman–Crippen LogP) is -0.141. The van der Waals surface area contributed by atoms with Crippen LogP contribution in [0, 0.1) is 6.92 Å². The SMILES string of the molecule is CCOCCCOc1ccc(C)cc1[B-](F)(F)F.[K+]. The van der Waals surface area contributed by atoms with Crippen LogP contribution in [0.15, 0.2) is 18.2 Å². The topological polar surface area (TPSA) is 18.5 Å². The fourth-order valence-electron chi connectivity index (χ4n) is 1.54. The quantitative estimate of drug-likeness (QED) is 0.515. The zero-order valence-electron chi connectivity index (χ0n) is 11.6. The summed E-state index contributed by atoms with van der Waals surface area (Å²) in [6.07, 6.45) is 0.575. The Bertz CT molecular complexity index is 386. The van der Waals surface area contributed by atoms with Gasteiger partial charge in [0.2, 0.25) is 0 Å². The molecule has 0 saturated carbocycles. The Morgan fingerprint density at radius 1 is 1.16 bits per heavy atom. The van der Waals surface area contributed by atoms with Gasteiger partial charge in [-0.15, -0.1) is 0 Å². The molecule has 1 aromatic carbocycles. The molecule has 0 aromatic heterocycles. The van der Waals surface area contributed by atoms with Crippen molar-refractivity contribution >= 4 is 12.4 Å². The van der Waals surface area contributed by atoms with Crippen molar-refractivity contribution in [3.05, 3.63) is 23.8 Å². The Hall–Kier alpha value is 0.471. The normalized spacial score (nSPS) is 11.0. The summed E-state index contributed by atoms with van der Waals surface area (Å²) >= 11 is 0. The summed E-state index contributed by atoms with van der Waals surface area (Å²) in [4.78, 5) is 0. The van der Waals surface area contributed by atoms with Crippen molar-refractivity contribution in [3.8, 4) is 5.75 Å². The minimum Gasteiger partial charge on any atom is -0.496 e. The molecule has 0 bridgehead atoms. The molecule has 0 aliphatic carbocycles. The van der Waals surface area contributed by atoms with Crippen molar-refractivity contribution in [1.82, 2.24) is 0 Å². The fraction of sp³-hybridized carbons (Fsp3) is 0.500. The minimum atomic E-state index is -5.04. The number of halogens is 3. The van der Waals surface area contributed by atoms with Crippen LogP contribution in [-0.4, -0.2) is 26.8 Å². The van der Waals surface area contributed by atoms with Crippen molar-refractivity contribution in [3.63, 3.8) is 0 Å². The molecular formula is C12H17BF3KO2. The van der Waals surface area contributed by atoms with Crippen LogP contribution in [-0.2, 0) is 4.74 Å². The van der Waals surface area contributed by atoms with Crippen molar-refractivity contribution in [2.24, 2.45) is 0 Å². The third-order valence-corrected chi connectivity index (χ3v) is 2.41. The smallest absolute Gasteiger partial charge is 0.496 e. The number of benzene rings is 1. The first-order chi connectivity index (χ1) is 8.45. The van der Waals surface area contributed by atoms with Crippen molar-refractivity contribution in [2.45, 2.75) is 20.3 Å². The Morgan fingerprint density at radius 2 is 1.84 bits per heavy atom. The van der Waals surface area contributed by atoms with Gasteiger partial charge in [0.15, 0.2) is 0 Å². The largest absolute Gasteiger partial charge is 1.00 e. The van der Waals surface area contributed by atoms with E-state index in [4.69, 9.17) is 9.47 Å². The average Bonchev–Trinajstić information content (AvgIpc) is 2.29. The molecular weight excluding hydrogens is 283 g/mol. The van der Waals surface area contributed by atoms with E-state index in [2.05, 4.69) is 0 Å². The van der Waals surface area contributed by atoms with E-state index in [1.807, 2.05) is 6.92 Å². The molecule has 2 nitrogen and oxygen atoms in total. The van der Waals surface area contributed by atoms with Crippen LogP contribution < -0.4 is 61.6 Å². The van der Waals surface area contributed by atoms with Crippen molar-refractivity contribution < 1.29 is 73.8 Å². The van der Waals surface area contributed by atoms with E-state index in [1.54, 1.807) is 13.0 Å². The van der Waals surface area contributed by atoms with Gasteiger partial charge >= 0.3 is 58.4 Å². The van der Waals surface area contributed by atoms with Crippen LogP contribution in [0.3, 0.4) is 0 Å². The molecule has 0 aliphatic heterocycles. The monoisotopic (exact) mass is 300 g/mol. The molecule has 0 fully saturated rings. The van der Waals surface area contributed by atoms with Gasteiger partial charge in [-0.25, -0.2) is 0 Å². The van der Waals surface area contributed by atoms with Crippen LogP contribution >= 0.6 is 0 Å². The van der Waals surface area contributed by atoms with Crippen molar-refractivity contribution in [1.29, 1.82) is 0 Å². The van der Waals surface area contributed by atoms with Gasteiger partial charge in [-0.05, 0) is 19.9 Å². The van der Waals surface area contributed by atoms with E-state index in [-0.39, 0.29) is 63.7 Å². The molecule has 0 atom stereocenters. The van der Waals surface area contributed by atoms with Crippen molar-refractivity contribution in [2.75, 3.05) is 19.8 Å². The number of hydrogen-bond acceptors (Lipinski definition) is 2. The molecule has 0 unspecified atom stereocenters. The van der Waals surface area contributed by atoms with Gasteiger partial charge in [0, 0.05) is 19.6 Å². The van der Waals surface area contributed by atoms with Gasteiger partial charge < -0.3 is 22.4 Å². The Balaban J connectivity index is 0.00000324. The third-order valence-electron chi connectivity index (χ3n) is 2.41. The first-order valence-corrected chi connectivity index (χ1v) is 5.96. The van der Waals surface area contributed by atoms with E-state index in [1.165, 1.54) is 6.07 Å². The molecule has 1 aromatic rings. The van der Waals surface area contributed by atoms with Gasteiger partial charge in [0.05, 0.1) is 12.4 Å². The van der Waals surface area contributed by atoms with E-state index < -0.39 is 12.4 Å². The molecule has 7 heteroatoms. The zero-order valence-corrected chi connectivity index (χ0v) is 14.7.